The van der Waals surface area contributed by atoms with Gasteiger partial charge in [0.15, 0.2) is 18.7 Å². The summed E-state index contributed by atoms with van der Waals surface area (Å²) < 4.78 is 32.7. The highest BCUT2D eigenvalue weighted by molar-refractivity contribution is 5.70. The lowest BCUT2D eigenvalue weighted by molar-refractivity contribution is -0.332. The van der Waals surface area contributed by atoms with E-state index in [2.05, 4.69) is 6.92 Å². The first-order valence-electron chi connectivity index (χ1n) is 16.1. The van der Waals surface area contributed by atoms with E-state index < -0.39 is 92.7 Å². The first-order valence-corrected chi connectivity index (χ1v) is 16.1. The molecule has 0 radical (unpaired) electrons. The van der Waals surface area contributed by atoms with Gasteiger partial charge in [-0.1, -0.05) is 58.8 Å². The highest BCUT2D eigenvalue weighted by Gasteiger charge is 2.47. The number of carbonyl (C=O) groups excluding carboxylic acids is 2. The molecule has 2 aliphatic heterocycles. The van der Waals surface area contributed by atoms with Crippen LogP contribution in [0.25, 0.3) is 0 Å². The Morgan fingerprint density at radius 2 is 1.13 bits per heavy atom. The average Bonchev–Trinajstić information content (AvgIpc) is 3.02. The Hall–Kier alpha value is -1.50. The van der Waals surface area contributed by atoms with Gasteiger partial charge in [-0.05, 0) is 12.8 Å². The zero-order valence-corrected chi connectivity index (χ0v) is 26.4. The fraction of sp³-hybridized carbons (Fsp3) is 0.933. The van der Waals surface area contributed by atoms with Crippen LogP contribution >= 0.6 is 0 Å². The molecule has 2 fully saturated rings. The van der Waals surface area contributed by atoms with Crippen molar-refractivity contribution >= 4 is 11.9 Å². The number of carbonyl (C=O) groups is 2. The minimum absolute atomic E-state index is 0.165. The summed E-state index contributed by atoms with van der Waals surface area (Å²) in [5.41, 5.74) is 0. The maximum absolute atomic E-state index is 12.5. The van der Waals surface area contributed by atoms with Gasteiger partial charge in [0.05, 0.1) is 19.8 Å². The van der Waals surface area contributed by atoms with Gasteiger partial charge >= 0.3 is 11.9 Å². The van der Waals surface area contributed by atoms with Crippen LogP contribution in [0.5, 0.6) is 0 Å². The van der Waals surface area contributed by atoms with Gasteiger partial charge in [-0.3, -0.25) is 9.59 Å². The molecule has 2 aliphatic rings. The SMILES string of the molecule is CCCCCCCCC(=O)O[C@H](COC(=O)CCCCC)CO[C@@H]1O[C@H](CO[C@H]2O[C@H](CO)[C@H](O)[C@H](O)[C@H]2O)[C@H](O)[C@H](O)[C@H]1O. The van der Waals surface area contributed by atoms with E-state index in [1.807, 2.05) is 6.92 Å². The van der Waals surface area contributed by atoms with E-state index in [1.165, 1.54) is 0 Å². The maximum Gasteiger partial charge on any atom is 0.306 e. The van der Waals surface area contributed by atoms with Gasteiger partial charge in [0, 0.05) is 12.8 Å². The molecule has 15 heteroatoms. The number of aliphatic hydroxyl groups is 7. The third kappa shape index (κ3) is 13.3. The van der Waals surface area contributed by atoms with Crippen molar-refractivity contribution in [2.24, 2.45) is 0 Å². The summed E-state index contributed by atoms with van der Waals surface area (Å²) in [5, 5.41) is 70.9. The van der Waals surface area contributed by atoms with Gasteiger partial charge in [0.25, 0.3) is 0 Å². The molecule has 2 heterocycles. The van der Waals surface area contributed by atoms with Crippen molar-refractivity contribution in [3.8, 4) is 0 Å². The van der Waals surface area contributed by atoms with Gasteiger partial charge in [-0.25, -0.2) is 0 Å². The standard InChI is InChI=1S/C30H54O15/c1-3-5-7-8-9-11-13-22(33)43-18(15-40-21(32)12-10-6-4-2)16-41-29-28(39)26(37)24(35)20(45-29)17-42-30-27(38)25(36)23(34)19(14-31)44-30/h18-20,23-31,34-39H,3-17H2,1-2H3/t18-,19-,20-,23+,24+,25+,26+,27-,28-,29-,30+/m1/s1. The van der Waals surface area contributed by atoms with Gasteiger partial charge in [0.2, 0.25) is 0 Å². The number of ether oxygens (including phenoxy) is 6. The summed E-state index contributed by atoms with van der Waals surface area (Å²) >= 11 is 0. The predicted molar refractivity (Wildman–Crippen MR) is 155 cm³/mol. The molecular formula is C30H54O15. The number of rotatable bonds is 21. The zero-order valence-electron chi connectivity index (χ0n) is 26.4. The largest absolute Gasteiger partial charge is 0.462 e. The lowest BCUT2D eigenvalue weighted by Gasteiger charge is -2.42. The predicted octanol–water partition coefficient (Wildman–Crippen LogP) is -0.587. The van der Waals surface area contributed by atoms with Crippen molar-refractivity contribution in [3.63, 3.8) is 0 Å². The summed E-state index contributed by atoms with van der Waals surface area (Å²) in [6.45, 7) is 2.24. The van der Waals surface area contributed by atoms with E-state index in [1.54, 1.807) is 0 Å². The molecule has 7 N–H and O–H groups in total. The van der Waals surface area contributed by atoms with Gasteiger partial charge in [-0.15, -0.1) is 0 Å². The van der Waals surface area contributed by atoms with Crippen LogP contribution in [-0.4, -0.2) is 142 Å². The number of aliphatic hydroxyl groups excluding tert-OH is 7. The topological polar surface area (TPSA) is 231 Å². The first-order chi connectivity index (χ1) is 21.5. The molecular weight excluding hydrogens is 600 g/mol. The minimum atomic E-state index is -1.75. The Morgan fingerprint density at radius 3 is 1.78 bits per heavy atom. The van der Waals surface area contributed by atoms with E-state index in [4.69, 9.17) is 28.4 Å². The molecule has 0 spiro atoms. The van der Waals surface area contributed by atoms with Crippen molar-refractivity contribution in [2.45, 2.75) is 152 Å². The Labute approximate surface area is 264 Å². The minimum Gasteiger partial charge on any atom is -0.462 e. The average molecular weight is 655 g/mol. The summed E-state index contributed by atoms with van der Waals surface area (Å²) in [5.74, 6) is -0.967. The Morgan fingerprint density at radius 1 is 0.622 bits per heavy atom. The van der Waals surface area contributed by atoms with Crippen LogP contribution < -0.4 is 0 Å². The zero-order chi connectivity index (χ0) is 33.4. The van der Waals surface area contributed by atoms with Gasteiger partial charge < -0.3 is 64.2 Å². The number of esters is 2. The molecule has 2 saturated heterocycles. The van der Waals surface area contributed by atoms with E-state index in [9.17, 15) is 45.3 Å². The monoisotopic (exact) mass is 654 g/mol. The molecule has 0 unspecified atom stereocenters. The molecule has 15 nitrogen and oxygen atoms in total. The highest BCUT2D eigenvalue weighted by Crippen LogP contribution is 2.26. The first kappa shape index (κ1) is 39.7. The van der Waals surface area contributed by atoms with Gasteiger partial charge in [-0.2, -0.15) is 0 Å². The molecule has 0 saturated carbocycles. The highest BCUT2D eigenvalue weighted by atomic mass is 16.7. The lowest BCUT2D eigenvalue weighted by Crippen LogP contribution is -2.61. The summed E-state index contributed by atoms with van der Waals surface area (Å²) in [4.78, 5) is 24.7. The Balaban J connectivity index is 1.97. The van der Waals surface area contributed by atoms with Crippen LogP contribution in [0.3, 0.4) is 0 Å². The van der Waals surface area contributed by atoms with Crippen molar-refractivity contribution in [2.75, 3.05) is 26.4 Å². The second-order valence-electron chi connectivity index (χ2n) is 11.6. The van der Waals surface area contributed by atoms with Crippen LogP contribution in [0, 0.1) is 0 Å². The van der Waals surface area contributed by atoms with Crippen LogP contribution in [0.15, 0.2) is 0 Å². The summed E-state index contributed by atoms with van der Waals surface area (Å²) in [6.07, 6.45) is -8.12. The van der Waals surface area contributed by atoms with E-state index in [-0.39, 0.29) is 26.1 Å². The van der Waals surface area contributed by atoms with Crippen LogP contribution in [-0.2, 0) is 38.0 Å². The summed E-state index contributed by atoms with van der Waals surface area (Å²) in [6, 6.07) is 0. The number of unbranched alkanes of at least 4 members (excludes halogenated alkanes) is 7. The molecule has 0 aromatic rings. The second kappa shape index (κ2) is 21.4. The second-order valence-corrected chi connectivity index (χ2v) is 11.6. The fourth-order valence-electron chi connectivity index (χ4n) is 4.98. The molecule has 0 aliphatic carbocycles. The van der Waals surface area contributed by atoms with Crippen molar-refractivity contribution in [1.82, 2.24) is 0 Å². The molecule has 45 heavy (non-hydrogen) atoms. The quantitative estimate of drug-likeness (QED) is 0.0606. The molecule has 0 aromatic heterocycles. The van der Waals surface area contributed by atoms with Crippen molar-refractivity contribution in [1.29, 1.82) is 0 Å². The molecule has 0 amide bonds. The van der Waals surface area contributed by atoms with E-state index in [0.29, 0.717) is 12.8 Å². The third-order valence-corrected chi connectivity index (χ3v) is 7.84. The Kier molecular flexibility index (Phi) is 18.9. The van der Waals surface area contributed by atoms with Crippen LogP contribution in [0.1, 0.15) is 84.5 Å². The smallest absolute Gasteiger partial charge is 0.306 e. The normalized spacial score (nSPS) is 32.6. The number of hydrogen-bond donors (Lipinski definition) is 7. The van der Waals surface area contributed by atoms with Gasteiger partial charge in [0.1, 0.15) is 55.4 Å². The van der Waals surface area contributed by atoms with E-state index in [0.717, 1.165) is 44.9 Å². The van der Waals surface area contributed by atoms with Crippen molar-refractivity contribution in [3.05, 3.63) is 0 Å². The van der Waals surface area contributed by atoms with Crippen LogP contribution in [0.4, 0.5) is 0 Å². The summed E-state index contributed by atoms with van der Waals surface area (Å²) in [7, 11) is 0. The molecule has 0 bridgehead atoms. The lowest BCUT2D eigenvalue weighted by atomic mass is 9.98. The maximum atomic E-state index is 12.5. The van der Waals surface area contributed by atoms with Crippen molar-refractivity contribution < 1.29 is 73.8 Å². The number of hydrogen-bond acceptors (Lipinski definition) is 15. The molecule has 2 rings (SSSR count). The third-order valence-electron chi connectivity index (χ3n) is 7.84. The molecule has 0 aromatic carbocycles. The molecule has 264 valence electrons. The van der Waals surface area contributed by atoms with Crippen LogP contribution in [0.2, 0.25) is 0 Å². The molecule has 11 atom stereocenters. The fourth-order valence-corrected chi connectivity index (χ4v) is 4.98. The van der Waals surface area contributed by atoms with E-state index >= 15 is 0 Å². The Bertz CT molecular complexity index is 829.